The van der Waals surface area contributed by atoms with Gasteiger partial charge in [0.25, 0.3) is 0 Å². The highest BCUT2D eigenvalue weighted by Crippen LogP contribution is 2.32. The minimum absolute atomic E-state index is 0.822. The highest BCUT2D eigenvalue weighted by atomic mass is 32.2. The quantitative estimate of drug-likeness (QED) is 0.748. The molecule has 0 aliphatic heterocycles. The molecule has 0 spiro atoms. The second-order valence-corrected chi connectivity index (χ2v) is 6.95. The van der Waals surface area contributed by atoms with Crippen molar-refractivity contribution < 1.29 is 8.95 Å². The molecule has 16 heavy (non-hydrogen) atoms. The molecule has 0 heterocycles. The number of hydrogen-bond acceptors (Lipinski definition) is 2. The molecule has 2 nitrogen and oxygen atoms in total. The fraction of sp³-hybridized carbons (Fsp3) is 0.231. The summed E-state index contributed by atoms with van der Waals surface area (Å²) in [6.45, 7) is 0. The van der Waals surface area contributed by atoms with E-state index < -0.39 is 9.93 Å². The fourth-order valence-electron chi connectivity index (χ4n) is 1.85. The van der Waals surface area contributed by atoms with Crippen molar-refractivity contribution in [2.24, 2.45) is 0 Å². The third-order valence-corrected chi connectivity index (χ3v) is 4.01. The van der Waals surface area contributed by atoms with E-state index in [1.165, 1.54) is 0 Å². The van der Waals surface area contributed by atoms with Crippen LogP contribution in [-0.4, -0.2) is 19.6 Å². The predicted octanol–water partition coefficient (Wildman–Crippen LogP) is 2.97. The Kier molecular flexibility index (Phi) is 2.72. The van der Waals surface area contributed by atoms with Crippen molar-refractivity contribution in [3.05, 3.63) is 36.4 Å². The molecule has 2 aromatic carbocycles. The molecule has 0 atom stereocenters. The zero-order valence-corrected chi connectivity index (χ0v) is 10.5. The van der Waals surface area contributed by atoms with E-state index in [0.717, 1.165) is 21.4 Å². The molecule has 0 aliphatic carbocycles. The minimum atomic E-state index is -1.96. The normalized spacial score (nSPS) is 11.7. The van der Waals surface area contributed by atoms with Gasteiger partial charge >= 0.3 is 0 Å². The Hall–Kier alpha value is -1.35. The van der Waals surface area contributed by atoms with Crippen LogP contribution in [-0.2, 0) is 14.1 Å². The van der Waals surface area contributed by atoms with Gasteiger partial charge in [0.2, 0.25) is 0 Å². The molecule has 0 aromatic heterocycles. The van der Waals surface area contributed by atoms with Crippen LogP contribution < -0.4 is 4.74 Å². The van der Waals surface area contributed by atoms with Gasteiger partial charge in [0.1, 0.15) is 28.2 Å². The van der Waals surface area contributed by atoms with Crippen molar-refractivity contribution in [2.45, 2.75) is 4.90 Å². The first-order valence-electron chi connectivity index (χ1n) is 5.04. The first-order valence-corrected chi connectivity index (χ1v) is 7.41. The fourth-order valence-corrected chi connectivity index (χ4v) is 2.95. The Labute approximate surface area is 96.7 Å². The number of benzene rings is 2. The first-order chi connectivity index (χ1) is 7.54. The SMILES string of the molecule is COc1ccc([S+](C)(C)=O)c2ccccc12. The van der Waals surface area contributed by atoms with Crippen molar-refractivity contribution in [1.82, 2.24) is 0 Å². The Morgan fingerprint density at radius 3 is 2.19 bits per heavy atom. The maximum Gasteiger partial charge on any atom is 0.165 e. The Morgan fingerprint density at radius 2 is 1.62 bits per heavy atom. The molecule has 0 radical (unpaired) electrons. The predicted molar refractivity (Wildman–Crippen MR) is 68.7 cm³/mol. The standard InChI is InChI=1S/C13H15O2S/c1-15-12-8-9-13(16(2,3)14)11-7-5-4-6-10(11)12/h4-9H,1-3H3/q+1. The van der Waals surface area contributed by atoms with Gasteiger partial charge in [-0.3, -0.25) is 0 Å². The van der Waals surface area contributed by atoms with E-state index >= 15 is 0 Å². The van der Waals surface area contributed by atoms with Crippen molar-refractivity contribution >= 4 is 20.7 Å². The van der Waals surface area contributed by atoms with Crippen LogP contribution in [0.25, 0.3) is 10.8 Å². The molecule has 84 valence electrons. The van der Waals surface area contributed by atoms with Gasteiger partial charge in [-0.05, 0) is 18.2 Å². The van der Waals surface area contributed by atoms with Crippen LogP contribution in [0, 0.1) is 0 Å². The number of hydrogen-bond donors (Lipinski definition) is 0. The molecule has 0 unspecified atom stereocenters. The van der Waals surface area contributed by atoms with Crippen molar-refractivity contribution in [1.29, 1.82) is 0 Å². The van der Waals surface area contributed by atoms with E-state index in [0.29, 0.717) is 0 Å². The lowest BCUT2D eigenvalue weighted by molar-refractivity contribution is 0.419. The topological polar surface area (TPSA) is 26.3 Å². The summed E-state index contributed by atoms with van der Waals surface area (Å²) in [6, 6.07) is 11.7. The van der Waals surface area contributed by atoms with E-state index in [2.05, 4.69) is 0 Å². The van der Waals surface area contributed by atoms with Gasteiger partial charge in [-0.25, -0.2) is 0 Å². The number of ether oxygens (including phenoxy) is 1. The van der Waals surface area contributed by atoms with E-state index in [-0.39, 0.29) is 0 Å². The maximum absolute atomic E-state index is 12.2. The molecule has 0 fully saturated rings. The summed E-state index contributed by atoms with van der Waals surface area (Å²) in [5, 5.41) is 2.02. The highest BCUT2D eigenvalue weighted by Gasteiger charge is 2.21. The summed E-state index contributed by atoms with van der Waals surface area (Å²) in [4.78, 5) is 0.893. The summed E-state index contributed by atoms with van der Waals surface area (Å²) < 4.78 is 17.5. The van der Waals surface area contributed by atoms with Gasteiger partial charge in [-0.1, -0.05) is 18.2 Å². The molecular formula is C13H15O2S+. The van der Waals surface area contributed by atoms with Gasteiger partial charge in [0.15, 0.2) is 4.90 Å². The molecule has 3 heteroatoms. The molecule has 2 aromatic rings. The van der Waals surface area contributed by atoms with Crippen LogP contribution in [0.4, 0.5) is 0 Å². The zero-order valence-electron chi connectivity index (χ0n) is 9.69. The average molecular weight is 235 g/mol. The molecule has 0 saturated carbocycles. The van der Waals surface area contributed by atoms with Crippen LogP contribution in [0.2, 0.25) is 0 Å². The second kappa shape index (κ2) is 3.91. The molecule has 0 N–H and O–H groups in total. The van der Waals surface area contributed by atoms with E-state index in [1.54, 1.807) is 19.6 Å². The highest BCUT2D eigenvalue weighted by molar-refractivity contribution is 8.01. The van der Waals surface area contributed by atoms with Crippen LogP contribution in [0.5, 0.6) is 5.75 Å². The molecule has 2 rings (SSSR count). The van der Waals surface area contributed by atoms with Crippen LogP contribution >= 0.6 is 0 Å². The Morgan fingerprint density at radius 1 is 1.00 bits per heavy atom. The lowest BCUT2D eigenvalue weighted by Gasteiger charge is -2.09. The van der Waals surface area contributed by atoms with Crippen LogP contribution in [0.15, 0.2) is 41.3 Å². The molecular weight excluding hydrogens is 220 g/mol. The number of rotatable bonds is 2. The summed E-state index contributed by atoms with van der Waals surface area (Å²) in [5.74, 6) is 0.822. The largest absolute Gasteiger partial charge is 0.496 e. The first kappa shape index (κ1) is 11.1. The molecule has 0 amide bonds. The van der Waals surface area contributed by atoms with Gasteiger partial charge in [0.05, 0.1) is 7.11 Å². The second-order valence-electron chi connectivity index (χ2n) is 4.04. The number of fused-ring (bicyclic) bond motifs is 1. The van der Waals surface area contributed by atoms with Gasteiger partial charge in [0, 0.05) is 10.8 Å². The zero-order chi connectivity index (χ0) is 11.8. The average Bonchev–Trinajstić information content (AvgIpc) is 2.26. The van der Waals surface area contributed by atoms with Crippen molar-refractivity contribution in [3.8, 4) is 5.75 Å². The van der Waals surface area contributed by atoms with Gasteiger partial charge < -0.3 is 4.74 Å². The number of methoxy groups -OCH3 is 1. The van der Waals surface area contributed by atoms with Crippen LogP contribution in [0.3, 0.4) is 0 Å². The van der Waals surface area contributed by atoms with E-state index in [1.807, 2.05) is 36.4 Å². The monoisotopic (exact) mass is 235 g/mol. The summed E-state index contributed by atoms with van der Waals surface area (Å²) >= 11 is 0. The summed E-state index contributed by atoms with van der Waals surface area (Å²) in [6.07, 6.45) is 3.53. The molecule has 0 bridgehead atoms. The Bertz CT molecular complexity index is 569. The summed E-state index contributed by atoms with van der Waals surface area (Å²) in [7, 11) is -0.311. The van der Waals surface area contributed by atoms with Crippen molar-refractivity contribution in [2.75, 3.05) is 19.6 Å². The lowest BCUT2D eigenvalue weighted by Crippen LogP contribution is -2.06. The van der Waals surface area contributed by atoms with E-state index in [4.69, 9.17) is 4.74 Å². The summed E-state index contributed by atoms with van der Waals surface area (Å²) in [5.41, 5.74) is 0. The Balaban J connectivity index is 2.85. The van der Waals surface area contributed by atoms with Crippen molar-refractivity contribution in [3.63, 3.8) is 0 Å². The van der Waals surface area contributed by atoms with E-state index in [9.17, 15) is 4.21 Å². The molecule has 0 saturated heterocycles. The third kappa shape index (κ3) is 1.83. The maximum atomic E-state index is 12.2. The van der Waals surface area contributed by atoms with Gasteiger partial charge in [-0.2, -0.15) is 0 Å². The van der Waals surface area contributed by atoms with Gasteiger partial charge in [-0.15, -0.1) is 4.21 Å². The third-order valence-electron chi connectivity index (χ3n) is 2.59. The lowest BCUT2D eigenvalue weighted by atomic mass is 10.1. The minimum Gasteiger partial charge on any atom is -0.496 e. The smallest absolute Gasteiger partial charge is 0.165 e. The van der Waals surface area contributed by atoms with Crippen LogP contribution in [0.1, 0.15) is 0 Å². The molecule has 0 aliphatic rings.